The minimum Gasteiger partial charge on any atom is -0.448 e. The number of esters is 1. The minimum atomic E-state index is -0.888. The molecule has 0 aliphatic heterocycles. The summed E-state index contributed by atoms with van der Waals surface area (Å²) < 4.78 is 5.41. The van der Waals surface area contributed by atoms with E-state index in [4.69, 9.17) is 4.74 Å². The lowest BCUT2D eigenvalue weighted by Crippen LogP contribution is -2.37. The molecule has 28 heavy (non-hydrogen) atoms. The molecule has 144 valence electrons. The molecule has 0 fully saturated rings. The molecule has 0 aliphatic carbocycles. The second kappa shape index (κ2) is 8.75. The molecule has 0 aliphatic rings. The molecule has 3 aromatic rings. The average molecular weight is 395 g/mol. The molecule has 0 saturated heterocycles. The maximum absolute atomic E-state index is 12.6. The number of thiazole rings is 1. The summed E-state index contributed by atoms with van der Waals surface area (Å²) in [7, 11) is 1.69. The van der Waals surface area contributed by atoms with Crippen LogP contribution in [0.1, 0.15) is 27.9 Å². The van der Waals surface area contributed by atoms with E-state index >= 15 is 0 Å². The van der Waals surface area contributed by atoms with Gasteiger partial charge in [-0.15, -0.1) is 11.3 Å². The number of nitrogens with zero attached hydrogens (tertiary/aromatic N) is 3. The molecule has 0 bridgehead atoms. The van der Waals surface area contributed by atoms with Crippen molar-refractivity contribution in [2.45, 2.75) is 26.5 Å². The van der Waals surface area contributed by atoms with Crippen molar-refractivity contribution in [3.05, 3.63) is 70.9 Å². The van der Waals surface area contributed by atoms with Crippen molar-refractivity contribution in [1.29, 1.82) is 0 Å². The number of amides is 1. The molecular formula is C21H21N3O3S. The van der Waals surface area contributed by atoms with Gasteiger partial charge in [0.05, 0.1) is 11.4 Å². The van der Waals surface area contributed by atoms with Crippen molar-refractivity contribution in [2.75, 3.05) is 7.05 Å². The number of likely N-dealkylation sites (N-methyl/N-ethyl adjacent to an activating group) is 1. The Morgan fingerprint density at radius 1 is 1.14 bits per heavy atom. The Hall–Kier alpha value is -3.06. The van der Waals surface area contributed by atoms with E-state index in [2.05, 4.69) is 9.97 Å². The second-order valence-corrected chi connectivity index (χ2v) is 7.38. The van der Waals surface area contributed by atoms with E-state index in [0.29, 0.717) is 27.8 Å². The largest absolute Gasteiger partial charge is 0.448 e. The number of hydrogen-bond acceptors (Lipinski definition) is 6. The van der Waals surface area contributed by atoms with E-state index in [1.54, 1.807) is 32.0 Å². The van der Waals surface area contributed by atoms with Crippen LogP contribution in [0.4, 0.5) is 0 Å². The van der Waals surface area contributed by atoms with Gasteiger partial charge in [-0.25, -0.2) is 9.78 Å². The molecule has 0 spiro atoms. The molecule has 1 unspecified atom stereocenters. The zero-order chi connectivity index (χ0) is 20.1. The fourth-order valence-electron chi connectivity index (χ4n) is 2.69. The summed E-state index contributed by atoms with van der Waals surface area (Å²) in [4.78, 5) is 35.7. The maximum atomic E-state index is 12.6. The quantitative estimate of drug-likeness (QED) is 0.595. The smallest absolute Gasteiger partial charge is 0.351 e. The predicted octanol–water partition coefficient (Wildman–Crippen LogP) is 3.72. The fourth-order valence-corrected chi connectivity index (χ4v) is 3.62. The van der Waals surface area contributed by atoms with Gasteiger partial charge in [-0.05, 0) is 31.5 Å². The van der Waals surface area contributed by atoms with E-state index in [1.165, 1.54) is 11.3 Å². The van der Waals surface area contributed by atoms with Crippen LogP contribution in [0.2, 0.25) is 0 Å². The van der Waals surface area contributed by atoms with Crippen molar-refractivity contribution < 1.29 is 14.3 Å². The summed E-state index contributed by atoms with van der Waals surface area (Å²) in [5.41, 5.74) is 2.27. The van der Waals surface area contributed by atoms with Crippen LogP contribution < -0.4 is 0 Å². The normalized spacial score (nSPS) is 11.7. The maximum Gasteiger partial charge on any atom is 0.351 e. The average Bonchev–Trinajstić information content (AvgIpc) is 3.10. The van der Waals surface area contributed by atoms with Crippen LogP contribution >= 0.6 is 11.3 Å². The summed E-state index contributed by atoms with van der Waals surface area (Å²) in [5, 5.41) is 0.644. The number of aryl methyl sites for hydroxylation is 1. The second-order valence-electron chi connectivity index (χ2n) is 6.38. The van der Waals surface area contributed by atoms with Crippen LogP contribution in [0.3, 0.4) is 0 Å². The number of hydrogen-bond donors (Lipinski definition) is 0. The third kappa shape index (κ3) is 4.61. The van der Waals surface area contributed by atoms with E-state index < -0.39 is 12.1 Å². The highest BCUT2D eigenvalue weighted by Gasteiger charge is 2.25. The van der Waals surface area contributed by atoms with Crippen LogP contribution in [0.5, 0.6) is 0 Å². The molecule has 1 atom stereocenters. The van der Waals surface area contributed by atoms with Gasteiger partial charge in [-0.2, -0.15) is 0 Å². The first-order valence-corrected chi connectivity index (χ1v) is 9.66. The third-order valence-electron chi connectivity index (χ3n) is 4.14. The summed E-state index contributed by atoms with van der Waals surface area (Å²) in [5.74, 6) is -0.810. The monoisotopic (exact) mass is 395 g/mol. The molecule has 1 aromatic carbocycles. The predicted molar refractivity (Wildman–Crippen MR) is 108 cm³/mol. The molecule has 2 aromatic heterocycles. The SMILES string of the molecule is Cc1nc(-c2ccccn2)sc1C(=O)OC(C)C(=O)N(C)Cc1ccccc1. The van der Waals surface area contributed by atoms with Gasteiger partial charge in [0, 0.05) is 19.8 Å². The number of ether oxygens (including phenoxy) is 1. The van der Waals surface area contributed by atoms with E-state index in [-0.39, 0.29) is 5.91 Å². The van der Waals surface area contributed by atoms with Crippen molar-refractivity contribution in [3.63, 3.8) is 0 Å². The van der Waals surface area contributed by atoms with Gasteiger partial charge < -0.3 is 9.64 Å². The molecule has 3 rings (SSSR count). The van der Waals surface area contributed by atoms with Gasteiger partial charge >= 0.3 is 5.97 Å². The number of benzene rings is 1. The van der Waals surface area contributed by atoms with Crippen LogP contribution in [0.15, 0.2) is 54.7 Å². The van der Waals surface area contributed by atoms with Crippen molar-refractivity contribution in [3.8, 4) is 10.7 Å². The number of carbonyl (C=O) groups excluding carboxylic acids is 2. The lowest BCUT2D eigenvalue weighted by molar-refractivity contribution is -0.139. The molecule has 0 radical (unpaired) electrons. The van der Waals surface area contributed by atoms with Gasteiger partial charge in [0.15, 0.2) is 6.10 Å². The Bertz CT molecular complexity index is 958. The third-order valence-corrected chi connectivity index (χ3v) is 5.30. The topological polar surface area (TPSA) is 72.4 Å². The van der Waals surface area contributed by atoms with Gasteiger partial charge in [-0.3, -0.25) is 9.78 Å². The number of aromatic nitrogens is 2. The van der Waals surface area contributed by atoms with Crippen LogP contribution in [0, 0.1) is 6.92 Å². The highest BCUT2D eigenvalue weighted by molar-refractivity contribution is 7.17. The van der Waals surface area contributed by atoms with E-state index in [1.807, 2.05) is 48.5 Å². The number of pyridine rings is 1. The van der Waals surface area contributed by atoms with Gasteiger partial charge in [0.25, 0.3) is 5.91 Å². The minimum absolute atomic E-state index is 0.260. The lowest BCUT2D eigenvalue weighted by atomic mass is 10.2. The first kappa shape index (κ1) is 19.7. The Kier molecular flexibility index (Phi) is 6.16. The molecule has 2 heterocycles. The zero-order valence-corrected chi connectivity index (χ0v) is 16.8. The Labute approximate surface area is 167 Å². The molecular weight excluding hydrogens is 374 g/mol. The molecule has 7 heteroatoms. The zero-order valence-electron chi connectivity index (χ0n) is 16.0. The summed E-state index contributed by atoms with van der Waals surface area (Å²) in [6, 6.07) is 15.2. The number of rotatable bonds is 6. The first-order valence-electron chi connectivity index (χ1n) is 8.84. The Morgan fingerprint density at radius 3 is 2.54 bits per heavy atom. The van der Waals surface area contributed by atoms with Crippen molar-refractivity contribution in [1.82, 2.24) is 14.9 Å². The Balaban J connectivity index is 1.65. The molecule has 0 saturated carbocycles. The Morgan fingerprint density at radius 2 is 1.86 bits per heavy atom. The van der Waals surface area contributed by atoms with Gasteiger partial charge in [0.1, 0.15) is 9.88 Å². The molecule has 6 nitrogen and oxygen atoms in total. The van der Waals surface area contributed by atoms with Crippen LogP contribution in [-0.2, 0) is 16.1 Å². The first-order chi connectivity index (χ1) is 13.5. The highest BCUT2D eigenvalue weighted by Crippen LogP contribution is 2.27. The van der Waals surface area contributed by atoms with Crippen molar-refractivity contribution >= 4 is 23.2 Å². The van der Waals surface area contributed by atoms with Gasteiger partial charge in [-0.1, -0.05) is 36.4 Å². The van der Waals surface area contributed by atoms with Gasteiger partial charge in [0.2, 0.25) is 0 Å². The summed E-state index contributed by atoms with van der Waals surface area (Å²) in [6.07, 6.45) is 0.786. The molecule has 0 N–H and O–H groups in total. The lowest BCUT2D eigenvalue weighted by Gasteiger charge is -2.21. The summed E-state index contributed by atoms with van der Waals surface area (Å²) in [6.45, 7) is 3.77. The fraction of sp³-hybridized carbons (Fsp3) is 0.238. The standard InChI is InChI=1S/C21H21N3O3S/c1-14-18(28-19(23-14)17-11-7-8-12-22-17)21(26)27-15(2)20(25)24(3)13-16-9-5-4-6-10-16/h4-12,15H,13H2,1-3H3. The van der Waals surface area contributed by atoms with E-state index in [0.717, 1.165) is 5.56 Å². The summed E-state index contributed by atoms with van der Waals surface area (Å²) >= 11 is 1.21. The van der Waals surface area contributed by atoms with Crippen LogP contribution in [-0.4, -0.2) is 39.9 Å². The number of carbonyl (C=O) groups is 2. The van der Waals surface area contributed by atoms with Crippen LogP contribution in [0.25, 0.3) is 10.7 Å². The molecule has 1 amide bonds. The highest BCUT2D eigenvalue weighted by atomic mass is 32.1. The van der Waals surface area contributed by atoms with Crippen molar-refractivity contribution in [2.24, 2.45) is 0 Å². The van der Waals surface area contributed by atoms with E-state index in [9.17, 15) is 9.59 Å².